The molecule has 1 amide bonds. The number of hydrogen-bond donors (Lipinski definition) is 0. The lowest BCUT2D eigenvalue weighted by molar-refractivity contribution is -0.384. The zero-order valence-electron chi connectivity index (χ0n) is 11.6. The van der Waals surface area contributed by atoms with E-state index in [-0.39, 0.29) is 17.0 Å². The largest absolute Gasteiger partial charge is 0.321 e. The number of halogens is 2. The van der Waals surface area contributed by atoms with E-state index in [2.05, 4.69) is 31.9 Å². The number of rotatable bonds is 3. The molecule has 0 aliphatic carbocycles. The minimum atomic E-state index is -0.414. The van der Waals surface area contributed by atoms with Crippen LogP contribution >= 0.6 is 55.0 Å². The van der Waals surface area contributed by atoms with E-state index < -0.39 is 4.92 Å². The number of thiophene rings is 1. The van der Waals surface area contributed by atoms with Crippen LogP contribution in [-0.4, -0.2) is 28.0 Å². The first kappa shape index (κ1) is 16.9. The van der Waals surface area contributed by atoms with E-state index in [1.807, 2.05) is 6.07 Å². The summed E-state index contributed by atoms with van der Waals surface area (Å²) in [6.07, 6.45) is 0. The predicted octanol–water partition coefficient (Wildman–Crippen LogP) is 5.07. The Morgan fingerprint density at radius 1 is 1.35 bits per heavy atom. The van der Waals surface area contributed by atoms with Crippen molar-refractivity contribution in [3.05, 3.63) is 59.1 Å². The monoisotopic (exact) mass is 476 g/mol. The molecular weight excluding hydrogens is 468 g/mol. The zero-order valence-corrected chi connectivity index (χ0v) is 16.4. The van der Waals surface area contributed by atoms with Crippen molar-refractivity contribution in [1.29, 1.82) is 0 Å². The van der Waals surface area contributed by atoms with Gasteiger partial charge in [-0.1, -0.05) is 12.1 Å². The highest BCUT2D eigenvalue weighted by atomic mass is 79.9. The van der Waals surface area contributed by atoms with Gasteiger partial charge in [0.05, 0.1) is 13.6 Å². The van der Waals surface area contributed by atoms with Crippen LogP contribution in [0.3, 0.4) is 0 Å². The Kier molecular flexibility index (Phi) is 5.10. The quantitative estimate of drug-likeness (QED) is 0.457. The summed E-state index contributed by atoms with van der Waals surface area (Å²) in [5, 5.41) is 10.8. The first-order valence-corrected chi connectivity index (χ1v) is 10.0. The van der Waals surface area contributed by atoms with E-state index in [9.17, 15) is 14.9 Å². The van der Waals surface area contributed by atoms with Crippen molar-refractivity contribution in [2.24, 2.45) is 0 Å². The molecule has 23 heavy (non-hydrogen) atoms. The third-order valence-corrected chi connectivity index (χ3v) is 7.88. The summed E-state index contributed by atoms with van der Waals surface area (Å²) in [6.45, 7) is 0.629. The van der Waals surface area contributed by atoms with E-state index in [4.69, 9.17) is 0 Å². The number of carbonyl (C=O) groups is 1. The molecule has 1 aromatic carbocycles. The highest BCUT2D eigenvalue weighted by Gasteiger charge is 2.33. The predicted molar refractivity (Wildman–Crippen MR) is 99.1 cm³/mol. The van der Waals surface area contributed by atoms with Crippen LogP contribution in [0, 0.1) is 10.1 Å². The maximum atomic E-state index is 12.8. The fourth-order valence-electron chi connectivity index (χ4n) is 2.34. The molecular formula is C14H10Br2N2O3S2. The van der Waals surface area contributed by atoms with Crippen molar-refractivity contribution in [3.8, 4) is 0 Å². The van der Waals surface area contributed by atoms with Crippen LogP contribution in [0.4, 0.5) is 5.69 Å². The molecule has 2 heterocycles. The van der Waals surface area contributed by atoms with Crippen LogP contribution in [0.2, 0.25) is 0 Å². The summed E-state index contributed by atoms with van der Waals surface area (Å²) in [4.78, 5) is 25.7. The third-order valence-electron chi connectivity index (χ3n) is 3.37. The highest BCUT2D eigenvalue weighted by Crippen LogP contribution is 2.41. The van der Waals surface area contributed by atoms with Crippen LogP contribution in [-0.2, 0) is 0 Å². The van der Waals surface area contributed by atoms with Crippen molar-refractivity contribution < 1.29 is 9.72 Å². The smallest absolute Gasteiger partial charge is 0.269 e. The Hall–Kier alpha value is -0.900. The van der Waals surface area contributed by atoms with Gasteiger partial charge in [0.1, 0.15) is 5.37 Å². The molecule has 5 nitrogen and oxygen atoms in total. The number of non-ortho nitro benzene ring substituents is 1. The van der Waals surface area contributed by atoms with Crippen LogP contribution in [0.5, 0.6) is 0 Å². The van der Waals surface area contributed by atoms with E-state index in [0.717, 1.165) is 19.6 Å². The Morgan fingerprint density at radius 3 is 2.78 bits per heavy atom. The average molecular weight is 478 g/mol. The maximum Gasteiger partial charge on any atom is 0.269 e. The molecule has 0 unspecified atom stereocenters. The van der Waals surface area contributed by atoms with E-state index in [1.165, 1.54) is 17.4 Å². The van der Waals surface area contributed by atoms with Gasteiger partial charge in [-0.2, -0.15) is 0 Å². The average Bonchev–Trinajstić information content (AvgIpc) is 3.14. The lowest BCUT2D eigenvalue weighted by Gasteiger charge is -2.23. The number of thioether (sulfide) groups is 1. The molecule has 1 saturated heterocycles. The van der Waals surface area contributed by atoms with Gasteiger partial charge in [0.25, 0.3) is 11.6 Å². The number of nitro groups is 1. The first-order chi connectivity index (χ1) is 11.0. The van der Waals surface area contributed by atoms with Crippen molar-refractivity contribution >= 4 is 66.6 Å². The van der Waals surface area contributed by atoms with Crippen LogP contribution < -0.4 is 0 Å². The minimum absolute atomic E-state index is 0.0454. The minimum Gasteiger partial charge on any atom is -0.321 e. The Morgan fingerprint density at radius 2 is 2.13 bits per heavy atom. The van der Waals surface area contributed by atoms with E-state index >= 15 is 0 Å². The third kappa shape index (κ3) is 3.47. The second-order valence-corrected chi connectivity index (χ2v) is 9.22. The lowest BCUT2D eigenvalue weighted by atomic mass is 10.2. The zero-order chi connectivity index (χ0) is 16.6. The van der Waals surface area contributed by atoms with E-state index in [1.54, 1.807) is 34.9 Å². The topological polar surface area (TPSA) is 63.5 Å². The molecule has 0 N–H and O–H groups in total. The Bertz CT molecular complexity index is 762. The standard InChI is InChI=1S/C14H10Br2N2O3S2/c15-10-7-11(23-12(10)16)13(19)17-4-5-22-14(17)8-2-1-3-9(6-8)18(20)21/h1-3,6-7,14H,4-5H2/t14-/m0/s1. The normalized spacial score (nSPS) is 17.5. The van der Waals surface area contributed by atoms with Crippen molar-refractivity contribution in [2.45, 2.75) is 5.37 Å². The van der Waals surface area contributed by atoms with E-state index in [0.29, 0.717) is 11.4 Å². The Balaban J connectivity index is 1.89. The van der Waals surface area contributed by atoms with Gasteiger partial charge >= 0.3 is 0 Å². The molecule has 2 aromatic rings. The molecule has 120 valence electrons. The number of carbonyl (C=O) groups excluding carboxylic acids is 1. The molecule has 1 aromatic heterocycles. The van der Waals surface area contributed by atoms with Crippen molar-refractivity contribution in [1.82, 2.24) is 4.90 Å². The van der Waals surface area contributed by atoms with Gasteiger partial charge in [-0.05, 0) is 43.5 Å². The number of nitro benzene ring substituents is 1. The van der Waals surface area contributed by atoms with Gasteiger partial charge in [-0.25, -0.2) is 0 Å². The van der Waals surface area contributed by atoms with Crippen LogP contribution in [0.25, 0.3) is 0 Å². The molecule has 1 aliphatic heterocycles. The van der Waals surface area contributed by atoms with Gasteiger partial charge in [-0.3, -0.25) is 14.9 Å². The van der Waals surface area contributed by atoms with Gasteiger partial charge in [0.15, 0.2) is 0 Å². The second kappa shape index (κ2) is 6.92. The van der Waals surface area contributed by atoms with Gasteiger partial charge in [0.2, 0.25) is 0 Å². The summed E-state index contributed by atoms with van der Waals surface area (Å²) < 4.78 is 1.73. The summed E-state index contributed by atoms with van der Waals surface area (Å²) in [5.74, 6) is 0.759. The SMILES string of the molecule is O=C(c1cc(Br)c(Br)s1)N1CCS[C@H]1c1cccc([N+](=O)[O-])c1. The molecule has 1 fully saturated rings. The van der Waals surface area contributed by atoms with Gasteiger partial charge < -0.3 is 4.90 Å². The number of amides is 1. The van der Waals surface area contributed by atoms with Crippen molar-refractivity contribution in [3.63, 3.8) is 0 Å². The highest BCUT2D eigenvalue weighted by molar-refractivity contribution is 9.13. The summed E-state index contributed by atoms with van der Waals surface area (Å²) in [7, 11) is 0. The molecule has 9 heteroatoms. The molecule has 0 radical (unpaired) electrons. The Labute approximate surface area is 157 Å². The number of benzene rings is 1. The van der Waals surface area contributed by atoms with Gasteiger partial charge in [-0.15, -0.1) is 23.1 Å². The maximum absolute atomic E-state index is 12.8. The first-order valence-electron chi connectivity index (χ1n) is 6.59. The van der Waals surface area contributed by atoms with Gasteiger partial charge in [0, 0.05) is 28.9 Å². The molecule has 1 atom stereocenters. The lowest BCUT2D eigenvalue weighted by Crippen LogP contribution is -2.29. The summed E-state index contributed by atoms with van der Waals surface area (Å²) in [6, 6.07) is 8.29. The molecule has 0 saturated carbocycles. The van der Waals surface area contributed by atoms with Crippen molar-refractivity contribution in [2.75, 3.05) is 12.3 Å². The second-order valence-electron chi connectivity index (χ2n) is 4.81. The molecule has 1 aliphatic rings. The number of hydrogen-bond acceptors (Lipinski definition) is 5. The summed E-state index contributed by atoms with van der Waals surface area (Å²) >= 11 is 9.79. The molecule has 0 bridgehead atoms. The number of nitrogens with zero attached hydrogens (tertiary/aromatic N) is 2. The fraction of sp³-hybridized carbons (Fsp3) is 0.214. The summed E-state index contributed by atoms with van der Waals surface area (Å²) in [5.41, 5.74) is 0.828. The molecule has 3 rings (SSSR count). The van der Waals surface area contributed by atoms with Crippen LogP contribution in [0.15, 0.2) is 38.6 Å². The fourth-order valence-corrected chi connectivity index (χ4v) is 5.58. The molecule has 0 spiro atoms. The van der Waals surface area contributed by atoms with Crippen LogP contribution in [0.1, 0.15) is 20.6 Å².